The number of aromatic amines is 1. The summed E-state index contributed by atoms with van der Waals surface area (Å²) in [7, 11) is 2.10. The van der Waals surface area contributed by atoms with Gasteiger partial charge in [0.25, 0.3) is 0 Å². The summed E-state index contributed by atoms with van der Waals surface area (Å²) in [6.45, 7) is 6.23. The third kappa shape index (κ3) is 6.01. The van der Waals surface area contributed by atoms with Gasteiger partial charge in [-0.05, 0) is 86.9 Å². The number of carbonyl (C=O) groups is 3. The molecule has 1 aliphatic carbocycles. The Morgan fingerprint density at radius 3 is 2.39 bits per heavy atom. The minimum atomic E-state index is -3.66. The summed E-state index contributed by atoms with van der Waals surface area (Å²) in [5.41, 5.74) is -2.85. The lowest BCUT2D eigenvalue weighted by Crippen LogP contribution is -2.81. The van der Waals surface area contributed by atoms with Gasteiger partial charge < -0.3 is 38.8 Å². The van der Waals surface area contributed by atoms with E-state index in [2.05, 4.69) is 9.88 Å². The van der Waals surface area contributed by atoms with E-state index in [0.717, 1.165) is 18.7 Å². The average Bonchev–Trinajstić information content (AvgIpc) is 3.91. The Bertz CT molecular complexity index is 2600. The van der Waals surface area contributed by atoms with Crippen LogP contribution >= 0.6 is 0 Å². The molecule has 2 N–H and O–H groups in total. The fraction of sp³-hybridized carbons (Fsp3) is 0.596. The van der Waals surface area contributed by atoms with E-state index in [4.69, 9.17) is 18.9 Å². The molecule has 1 unspecified atom stereocenters. The minimum Gasteiger partial charge on any atom is -0.496 e. The number of halogens is 2. The van der Waals surface area contributed by atoms with Gasteiger partial charge in [0.1, 0.15) is 11.2 Å². The number of methoxy groups -OCH3 is 3. The fourth-order valence-electron chi connectivity index (χ4n) is 13.7. The van der Waals surface area contributed by atoms with Crippen molar-refractivity contribution < 1.29 is 55.6 Å². The van der Waals surface area contributed by atoms with Gasteiger partial charge in [0, 0.05) is 103 Å². The van der Waals surface area contributed by atoms with Crippen LogP contribution < -0.4 is 9.64 Å². The quantitative estimate of drug-likeness (QED) is 0.184. The number of benzene rings is 2. The van der Waals surface area contributed by atoms with Crippen LogP contribution in [0.3, 0.4) is 0 Å². The van der Waals surface area contributed by atoms with E-state index in [1.165, 1.54) is 34.3 Å². The highest BCUT2D eigenvalue weighted by Gasteiger charge is 2.80. The molecule has 0 amide bonds. The number of nitrogens with zero attached hydrogens (tertiary/aromatic N) is 3. The van der Waals surface area contributed by atoms with E-state index in [0.29, 0.717) is 78.9 Å². The molecular formula is C47H58F2N4O10S. The summed E-state index contributed by atoms with van der Waals surface area (Å²) in [5.74, 6) is -6.47. The number of H-pyrrole nitrogens is 1. The lowest BCUT2D eigenvalue weighted by atomic mass is 9.47. The standard InChI is InChI=1S/C47H58F2N4O10S/c1-9-44-14-10-16-53-18-15-45(38(44)53)32-21-33(36(60-5)22-35(32)51(4)39(45)47(57,42(56)62-7)40(44)63-26(2)54)46(41(55)61-6)23-27-19-28(43(3,48)49)25-52(24-27)17-13-30-31-20-29(64(8,58)59)11-12-34(31)50-37(30)46/h10-12,14,20-22,27-28,38-40,50,57H,9,13,15-19,23-25H2,1-8H3/t27-,28+,38-,39+,40+,44+,45+,46-,47-/m0/s1. The number of esters is 3. The molecule has 5 aliphatic heterocycles. The van der Waals surface area contributed by atoms with Crippen LogP contribution in [-0.4, -0.2) is 143 Å². The molecule has 0 radical (unpaired) electrons. The highest BCUT2D eigenvalue weighted by Crippen LogP contribution is 2.68. The molecule has 2 bridgehead atoms. The molecular weight excluding hydrogens is 851 g/mol. The Hall–Kier alpha value is -4.58. The monoisotopic (exact) mass is 908 g/mol. The first-order valence-electron chi connectivity index (χ1n) is 22.1. The first kappa shape index (κ1) is 44.6. The number of rotatable bonds is 8. The van der Waals surface area contributed by atoms with Gasteiger partial charge in [0.05, 0.1) is 32.3 Å². The SMILES string of the molecule is CC[C@]12C=CCN3CC[C@@]4(c5cc([C@@]6(C(=O)OC)C[C@@H]7C[C@@H](C(C)(F)F)CN(CCc8c6[nH]c6ccc(S(C)(=O)=O)cc86)C7)c(OC)cc5N(C)[C@H]4[C@@](O)(C(=O)OC)[C@@H]1OC(C)=O)[C@@H]32. The van der Waals surface area contributed by atoms with Crippen molar-refractivity contribution in [3.05, 3.63) is 64.9 Å². The lowest BCUT2D eigenvalue weighted by molar-refractivity contribution is -0.228. The molecule has 14 nitrogen and oxygen atoms in total. The number of ether oxygens (including phenoxy) is 4. The van der Waals surface area contributed by atoms with Crippen LogP contribution in [0.1, 0.15) is 68.8 Å². The molecule has 17 heteroatoms. The van der Waals surface area contributed by atoms with Gasteiger partial charge >= 0.3 is 17.9 Å². The molecule has 346 valence electrons. The largest absolute Gasteiger partial charge is 0.496 e. The Morgan fingerprint density at radius 1 is 1.02 bits per heavy atom. The number of alkyl halides is 2. The molecule has 1 saturated carbocycles. The van der Waals surface area contributed by atoms with Crippen molar-refractivity contribution in [2.45, 2.75) is 98.3 Å². The number of aromatic nitrogens is 1. The maximum atomic E-state index is 15.5. The van der Waals surface area contributed by atoms with Gasteiger partial charge in [-0.25, -0.2) is 22.0 Å². The lowest BCUT2D eigenvalue weighted by Gasteiger charge is -2.63. The topological polar surface area (TPSA) is 168 Å². The van der Waals surface area contributed by atoms with Crippen molar-refractivity contribution in [3.63, 3.8) is 0 Å². The van der Waals surface area contributed by atoms with Gasteiger partial charge in [-0.3, -0.25) is 14.5 Å². The van der Waals surface area contributed by atoms with E-state index in [-0.39, 0.29) is 30.0 Å². The molecule has 1 aromatic heterocycles. The molecule has 2 saturated heterocycles. The first-order chi connectivity index (χ1) is 30.2. The number of sulfone groups is 1. The second kappa shape index (κ2) is 15.0. The number of likely N-dealkylation sites (N-methyl/N-ethyl adjacent to an activating group) is 1. The number of nitrogens with one attached hydrogen (secondary N) is 1. The van der Waals surface area contributed by atoms with Crippen LogP contribution in [0.5, 0.6) is 5.75 Å². The van der Waals surface area contributed by atoms with E-state index >= 15 is 13.6 Å². The summed E-state index contributed by atoms with van der Waals surface area (Å²) >= 11 is 0. The summed E-state index contributed by atoms with van der Waals surface area (Å²) in [6, 6.07) is 7.09. The van der Waals surface area contributed by atoms with Crippen LogP contribution in [-0.2, 0) is 55.7 Å². The molecule has 10 atom stereocenters. The van der Waals surface area contributed by atoms with Gasteiger partial charge in [0.15, 0.2) is 15.9 Å². The van der Waals surface area contributed by atoms with E-state index < -0.39 is 85.5 Å². The number of carbonyl (C=O) groups excluding carboxylic acids is 3. The number of aliphatic hydroxyl groups is 1. The van der Waals surface area contributed by atoms with Crippen molar-refractivity contribution in [1.29, 1.82) is 0 Å². The predicted octanol–water partition coefficient (Wildman–Crippen LogP) is 4.52. The van der Waals surface area contributed by atoms with Crippen LogP contribution in [0.2, 0.25) is 0 Å². The highest BCUT2D eigenvalue weighted by atomic mass is 32.2. The third-order valence-electron chi connectivity index (χ3n) is 16.1. The fourth-order valence-corrected chi connectivity index (χ4v) is 14.3. The van der Waals surface area contributed by atoms with Gasteiger partial charge in [-0.15, -0.1) is 0 Å². The van der Waals surface area contributed by atoms with Crippen LogP contribution in [0.15, 0.2) is 47.4 Å². The zero-order chi connectivity index (χ0) is 46.1. The normalized spacial score (nSPS) is 34.4. The third-order valence-corrected chi connectivity index (χ3v) is 17.2. The van der Waals surface area contributed by atoms with E-state index in [9.17, 15) is 23.1 Å². The first-order valence-corrected chi connectivity index (χ1v) is 24.0. The van der Waals surface area contributed by atoms with Crippen molar-refractivity contribution in [3.8, 4) is 5.75 Å². The number of piperidine rings is 1. The summed E-state index contributed by atoms with van der Waals surface area (Å²) in [5, 5.41) is 13.9. The van der Waals surface area contributed by atoms with Crippen molar-refractivity contribution in [2.75, 3.05) is 72.3 Å². The van der Waals surface area contributed by atoms with Crippen LogP contribution in [0.25, 0.3) is 10.9 Å². The number of hydrogen-bond acceptors (Lipinski definition) is 13. The molecule has 6 heterocycles. The van der Waals surface area contributed by atoms with Crippen molar-refractivity contribution in [2.24, 2.45) is 17.3 Å². The Labute approximate surface area is 372 Å². The second-order valence-electron chi connectivity index (χ2n) is 19.3. The van der Waals surface area contributed by atoms with E-state index in [1.807, 2.05) is 41.0 Å². The zero-order valence-electron chi connectivity index (χ0n) is 37.6. The van der Waals surface area contributed by atoms with Crippen molar-refractivity contribution >= 4 is 44.3 Å². The Morgan fingerprint density at radius 2 is 1.75 bits per heavy atom. The summed E-state index contributed by atoms with van der Waals surface area (Å²) < 4.78 is 80.6. The van der Waals surface area contributed by atoms with Gasteiger partial charge in [-0.2, -0.15) is 0 Å². The predicted molar refractivity (Wildman–Crippen MR) is 232 cm³/mol. The second-order valence-corrected chi connectivity index (χ2v) is 21.3. The minimum absolute atomic E-state index is 0.0285. The van der Waals surface area contributed by atoms with Gasteiger partial charge in [-0.1, -0.05) is 19.1 Å². The molecule has 3 fully saturated rings. The van der Waals surface area contributed by atoms with Crippen molar-refractivity contribution in [1.82, 2.24) is 14.8 Å². The van der Waals surface area contributed by atoms with E-state index in [1.54, 1.807) is 19.2 Å². The molecule has 3 aromatic rings. The summed E-state index contributed by atoms with van der Waals surface area (Å²) in [6.07, 6.45) is 5.03. The Balaban J connectivity index is 1.37. The average molecular weight is 909 g/mol. The maximum absolute atomic E-state index is 15.5. The molecule has 6 aliphatic rings. The number of fused-ring (bicyclic) bond motifs is 6. The maximum Gasteiger partial charge on any atom is 0.344 e. The van der Waals surface area contributed by atoms with Gasteiger partial charge in [0.2, 0.25) is 11.5 Å². The molecule has 2 aromatic carbocycles. The zero-order valence-corrected chi connectivity index (χ0v) is 38.4. The van der Waals surface area contributed by atoms with Crippen LogP contribution in [0.4, 0.5) is 14.5 Å². The molecule has 9 rings (SSSR count). The molecule has 1 spiro atoms. The number of hydrogen-bond donors (Lipinski definition) is 2. The smallest absolute Gasteiger partial charge is 0.344 e. The highest BCUT2D eigenvalue weighted by molar-refractivity contribution is 7.90. The number of anilines is 1. The van der Waals surface area contributed by atoms with Crippen LogP contribution in [0, 0.1) is 17.3 Å². The molecule has 64 heavy (non-hydrogen) atoms. The summed E-state index contributed by atoms with van der Waals surface area (Å²) in [4.78, 5) is 52.7. The Kier molecular flexibility index (Phi) is 10.4.